The van der Waals surface area contributed by atoms with E-state index >= 15 is 0 Å². The quantitative estimate of drug-likeness (QED) is 0.776. The summed E-state index contributed by atoms with van der Waals surface area (Å²) in [6.07, 6.45) is 1.14. The van der Waals surface area contributed by atoms with E-state index in [1.165, 1.54) is 5.56 Å². The first kappa shape index (κ1) is 15.9. The molecule has 1 N–H and O–H groups in total. The van der Waals surface area contributed by atoms with Gasteiger partial charge in [-0.05, 0) is 36.6 Å². The van der Waals surface area contributed by atoms with Crippen molar-refractivity contribution < 1.29 is 14.0 Å². The van der Waals surface area contributed by atoms with Crippen molar-refractivity contribution in [3.8, 4) is 0 Å². The van der Waals surface area contributed by atoms with Crippen molar-refractivity contribution in [1.29, 1.82) is 0 Å². The van der Waals surface area contributed by atoms with Crippen LogP contribution in [0.2, 0.25) is 0 Å². The third-order valence-corrected chi connectivity index (χ3v) is 5.14. The number of aryl methyl sites for hydroxylation is 1. The Kier molecular flexibility index (Phi) is 4.05. The van der Waals surface area contributed by atoms with E-state index in [1.807, 2.05) is 18.2 Å². The van der Waals surface area contributed by atoms with E-state index in [-0.39, 0.29) is 16.4 Å². The second kappa shape index (κ2) is 6.37. The number of carbonyl (C=O) groups is 2. The molecule has 1 fully saturated rings. The third kappa shape index (κ3) is 3.44. The number of amides is 2. The molecule has 1 unspecified atom stereocenters. The van der Waals surface area contributed by atoms with Crippen molar-refractivity contribution in [3.63, 3.8) is 0 Å². The summed E-state index contributed by atoms with van der Waals surface area (Å²) >= 11 is 1.04. The van der Waals surface area contributed by atoms with E-state index < -0.39 is 0 Å². The highest BCUT2D eigenvalue weighted by Crippen LogP contribution is 2.25. The molecule has 1 aliphatic rings. The largest absolute Gasteiger partial charge is 0.440 e. The first-order chi connectivity index (χ1) is 12.1. The number of carbonyl (C=O) groups excluding carboxylic acids is 2. The average Bonchev–Trinajstić information content (AvgIpc) is 3.11. The van der Waals surface area contributed by atoms with Gasteiger partial charge in [0.15, 0.2) is 11.5 Å². The molecule has 2 heterocycles. The molecule has 2 aromatic carbocycles. The molecule has 0 radical (unpaired) electrons. The third-order valence-electron chi connectivity index (χ3n) is 4.16. The van der Waals surface area contributed by atoms with Crippen molar-refractivity contribution in [2.45, 2.75) is 25.0 Å². The van der Waals surface area contributed by atoms with Gasteiger partial charge in [0.25, 0.3) is 5.24 Å². The van der Waals surface area contributed by atoms with E-state index in [0.717, 1.165) is 34.0 Å². The second-order valence-electron chi connectivity index (χ2n) is 6.16. The molecule has 0 spiro atoms. The van der Waals surface area contributed by atoms with Crippen molar-refractivity contribution in [2.24, 2.45) is 0 Å². The van der Waals surface area contributed by atoms with Gasteiger partial charge in [0, 0.05) is 6.42 Å². The molecule has 0 aliphatic carbocycles. The minimum atomic E-state index is -0.371. The lowest BCUT2D eigenvalue weighted by atomic mass is 10.1. The van der Waals surface area contributed by atoms with Crippen molar-refractivity contribution >= 4 is 34.0 Å². The van der Waals surface area contributed by atoms with E-state index in [4.69, 9.17) is 4.42 Å². The van der Waals surface area contributed by atoms with Gasteiger partial charge in [0.05, 0.1) is 5.25 Å². The summed E-state index contributed by atoms with van der Waals surface area (Å²) in [7, 11) is 0. The van der Waals surface area contributed by atoms with Crippen LogP contribution in [-0.2, 0) is 17.6 Å². The van der Waals surface area contributed by atoms with Gasteiger partial charge in [-0.25, -0.2) is 4.98 Å². The highest BCUT2D eigenvalue weighted by molar-refractivity contribution is 8.15. The molecule has 0 saturated carbocycles. The molecular weight excluding hydrogens is 336 g/mol. The SMILES string of the molecule is Cc1ccc(Cc2nc3cc(CC4SC(=O)NC4=O)ccc3o2)cc1. The molecule has 126 valence electrons. The monoisotopic (exact) mass is 352 g/mol. The normalized spacial score (nSPS) is 17.2. The highest BCUT2D eigenvalue weighted by atomic mass is 32.2. The van der Waals surface area contributed by atoms with Crippen LogP contribution in [-0.4, -0.2) is 21.4 Å². The molecule has 1 saturated heterocycles. The topological polar surface area (TPSA) is 72.2 Å². The maximum atomic E-state index is 11.7. The lowest BCUT2D eigenvalue weighted by Gasteiger charge is -2.04. The number of hydrogen-bond donors (Lipinski definition) is 1. The minimum Gasteiger partial charge on any atom is -0.440 e. The summed E-state index contributed by atoms with van der Waals surface area (Å²) in [4.78, 5) is 27.5. The van der Waals surface area contributed by atoms with Gasteiger partial charge in [-0.2, -0.15) is 0 Å². The van der Waals surface area contributed by atoms with Crippen molar-refractivity contribution in [1.82, 2.24) is 10.3 Å². The minimum absolute atomic E-state index is 0.227. The predicted molar refractivity (Wildman–Crippen MR) is 96.6 cm³/mol. The van der Waals surface area contributed by atoms with E-state index in [2.05, 4.69) is 41.5 Å². The lowest BCUT2D eigenvalue weighted by molar-refractivity contribution is -0.118. The van der Waals surface area contributed by atoms with Crippen LogP contribution in [0.15, 0.2) is 46.9 Å². The first-order valence-corrected chi connectivity index (χ1v) is 8.90. The Morgan fingerprint density at radius 3 is 2.60 bits per heavy atom. The Hall–Kier alpha value is -2.60. The molecule has 4 rings (SSSR count). The van der Waals surface area contributed by atoms with Crippen LogP contribution in [0, 0.1) is 6.92 Å². The molecule has 25 heavy (non-hydrogen) atoms. The molecule has 3 aromatic rings. The number of nitrogens with zero attached hydrogens (tertiary/aromatic N) is 1. The summed E-state index contributed by atoms with van der Waals surface area (Å²) in [6, 6.07) is 14.0. The van der Waals surface area contributed by atoms with Gasteiger partial charge in [-0.3, -0.25) is 14.9 Å². The highest BCUT2D eigenvalue weighted by Gasteiger charge is 2.31. The number of hydrogen-bond acceptors (Lipinski definition) is 5. The molecule has 0 bridgehead atoms. The first-order valence-electron chi connectivity index (χ1n) is 8.02. The zero-order chi connectivity index (χ0) is 17.4. The molecule has 1 aromatic heterocycles. The van der Waals surface area contributed by atoms with Gasteiger partial charge in [0.1, 0.15) is 5.52 Å². The Morgan fingerprint density at radius 1 is 1.12 bits per heavy atom. The zero-order valence-corrected chi connectivity index (χ0v) is 14.4. The van der Waals surface area contributed by atoms with Gasteiger partial charge >= 0.3 is 0 Å². The summed E-state index contributed by atoms with van der Waals surface area (Å²) in [5.41, 5.74) is 4.83. The zero-order valence-electron chi connectivity index (χ0n) is 13.6. The van der Waals surface area contributed by atoms with Crippen molar-refractivity contribution in [2.75, 3.05) is 0 Å². The van der Waals surface area contributed by atoms with E-state index in [9.17, 15) is 9.59 Å². The molecule has 6 heteroatoms. The number of rotatable bonds is 4. The summed E-state index contributed by atoms with van der Waals surface area (Å²) in [5, 5.41) is 1.66. The fourth-order valence-corrected chi connectivity index (χ4v) is 3.71. The summed E-state index contributed by atoms with van der Waals surface area (Å²) < 4.78 is 5.82. The van der Waals surface area contributed by atoms with Crippen LogP contribution in [0.4, 0.5) is 4.79 Å². The standard InChI is InChI=1S/C19H16N2O3S/c1-11-2-4-12(5-3-11)10-17-20-14-8-13(6-7-15(14)24-17)9-16-18(22)21-19(23)25-16/h2-8,16H,9-10H2,1H3,(H,21,22,23). The van der Waals surface area contributed by atoms with Gasteiger partial charge in [-0.15, -0.1) is 0 Å². The molecule has 5 nitrogen and oxygen atoms in total. The van der Waals surface area contributed by atoms with E-state index in [1.54, 1.807) is 0 Å². The number of imide groups is 1. The van der Waals surface area contributed by atoms with Crippen LogP contribution in [0.3, 0.4) is 0 Å². The van der Waals surface area contributed by atoms with Crippen LogP contribution in [0.25, 0.3) is 11.1 Å². The predicted octanol–water partition coefficient (Wildman–Crippen LogP) is 3.62. The maximum Gasteiger partial charge on any atom is 0.286 e. The second-order valence-corrected chi connectivity index (χ2v) is 7.33. The van der Waals surface area contributed by atoms with Gasteiger partial charge in [-0.1, -0.05) is 47.7 Å². The number of benzene rings is 2. The van der Waals surface area contributed by atoms with Crippen LogP contribution < -0.4 is 5.32 Å². The molecule has 1 atom stereocenters. The lowest BCUT2D eigenvalue weighted by Crippen LogP contribution is -2.25. The fourth-order valence-electron chi connectivity index (χ4n) is 2.85. The van der Waals surface area contributed by atoms with E-state index in [0.29, 0.717) is 18.7 Å². The number of fused-ring (bicyclic) bond motifs is 1. The maximum absolute atomic E-state index is 11.7. The summed E-state index contributed by atoms with van der Waals surface area (Å²) in [5.74, 6) is 0.439. The Bertz CT molecular complexity index is 962. The Morgan fingerprint density at radius 2 is 1.88 bits per heavy atom. The smallest absolute Gasteiger partial charge is 0.286 e. The summed E-state index contributed by atoms with van der Waals surface area (Å²) in [6.45, 7) is 2.06. The number of thioether (sulfide) groups is 1. The van der Waals surface area contributed by atoms with Gasteiger partial charge < -0.3 is 4.42 Å². The Labute approximate surface area is 148 Å². The molecular formula is C19H16N2O3S. The van der Waals surface area contributed by atoms with Crippen LogP contribution in [0.1, 0.15) is 22.6 Å². The van der Waals surface area contributed by atoms with Crippen molar-refractivity contribution in [3.05, 3.63) is 65.0 Å². The van der Waals surface area contributed by atoms with Gasteiger partial charge in [0.2, 0.25) is 5.91 Å². The average molecular weight is 352 g/mol. The molecule has 2 amide bonds. The number of nitrogens with one attached hydrogen (secondary N) is 1. The number of oxazole rings is 1. The number of aromatic nitrogens is 1. The van der Waals surface area contributed by atoms with Crippen LogP contribution >= 0.6 is 11.8 Å². The Balaban J connectivity index is 1.54. The molecule has 1 aliphatic heterocycles. The van der Waals surface area contributed by atoms with Crippen LogP contribution in [0.5, 0.6) is 0 Å². The fraction of sp³-hybridized carbons (Fsp3) is 0.211.